The highest BCUT2D eigenvalue weighted by Crippen LogP contribution is 2.40. The number of ketones is 2. The van der Waals surface area contributed by atoms with E-state index in [1.54, 1.807) is 49.1 Å². The van der Waals surface area contributed by atoms with Crippen LogP contribution in [0.2, 0.25) is 0 Å². The molecule has 0 radical (unpaired) electrons. The number of hydrogen-bond donors (Lipinski definition) is 1. The van der Waals surface area contributed by atoms with Crippen LogP contribution in [0.1, 0.15) is 104 Å². The molecule has 306 valence electrons. The van der Waals surface area contributed by atoms with Gasteiger partial charge in [0.15, 0.2) is 11.6 Å². The Morgan fingerprint density at radius 3 is 1.62 bits per heavy atom. The van der Waals surface area contributed by atoms with E-state index in [9.17, 15) is 14.4 Å². The second kappa shape index (κ2) is 17.2. The maximum Gasteiger partial charge on any atom is 0.227 e. The number of aromatic amines is 1. The third kappa shape index (κ3) is 8.59. The molecule has 3 aromatic heterocycles. The van der Waals surface area contributed by atoms with Gasteiger partial charge in [0.25, 0.3) is 0 Å². The van der Waals surface area contributed by atoms with Gasteiger partial charge in [0.2, 0.25) is 5.91 Å². The van der Waals surface area contributed by atoms with E-state index in [1.807, 2.05) is 48.5 Å². The average Bonchev–Trinajstić information content (AvgIpc) is 4.00. The molecule has 5 heterocycles. The number of carbonyl (C=O) groups is 3. The van der Waals surface area contributed by atoms with Crippen LogP contribution in [0.4, 0.5) is 0 Å². The lowest BCUT2D eigenvalue weighted by atomic mass is 9.92. The minimum absolute atomic E-state index is 0.0343. The van der Waals surface area contributed by atoms with Crippen molar-refractivity contribution in [2.24, 2.45) is 0 Å². The summed E-state index contributed by atoms with van der Waals surface area (Å²) >= 11 is 0. The van der Waals surface area contributed by atoms with E-state index in [4.69, 9.17) is 0 Å². The number of nitrogens with zero attached hydrogens (tertiary/aromatic N) is 4. The molecule has 8 nitrogen and oxygen atoms in total. The van der Waals surface area contributed by atoms with Gasteiger partial charge in [-0.1, -0.05) is 78.7 Å². The van der Waals surface area contributed by atoms with Crippen LogP contribution in [0.15, 0.2) is 134 Å². The van der Waals surface area contributed by atoms with Crippen LogP contribution in [-0.2, 0) is 24.3 Å². The first-order valence-corrected chi connectivity index (χ1v) is 21.5. The Kier molecular flexibility index (Phi) is 11.3. The molecule has 8 heteroatoms. The first kappa shape index (κ1) is 39.9. The predicted octanol–water partition coefficient (Wildman–Crippen LogP) is 10.2. The normalized spacial score (nSPS) is 16.4. The number of amides is 1. The van der Waals surface area contributed by atoms with Crippen molar-refractivity contribution in [2.75, 3.05) is 6.54 Å². The van der Waals surface area contributed by atoms with Gasteiger partial charge in [-0.05, 0) is 122 Å². The second-order valence-electron chi connectivity index (χ2n) is 17.2. The summed E-state index contributed by atoms with van der Waals surface area (Å²) in [5, 5.41) is 1.15. The Labute approximate surface area is 357 Å². The lowest BCUT2D eigenvalue weighted by Gasteiger charge is -2.27. The monoisotopic (exact) mass is 805 g/mol. The van der Waals surface area contributed by atoms with E-state index >= 15 is 0 Å². The zero-order valence-electron chi connectivity index (χ0n) is 35.1. The standard InChI is InChI=1S/C53H51N5O3/c1-34-26-35(2)28-44(27-34)51-50(47-29-39(8-17-48(47)56-51)30-49(59)58-45-13-14-46(58)16-15-45)36(3)31-57(32-37-4-9-40(10-5-37)52(60)42-18-22-54-23-19-42)33-38-6-11-41(12-7-38)53(61)43-20-24-55-25-21-43/h4-12,17-29,36,45-46,56H,13-16,30-33H2,1-3H3/t36-,45?,46?/m0/s1. The third-order valence-corrected chi connectivity index (χ3v) is 12.7. The molecule has 4 aromatic carbocycles. The Hall–Kier alpha value is -6.51. The van der Waals surface area contributed by atoms with Crippen LogP contribution in [0.3, 0.4) is 0 Å². The number of aromatic nitrogens is 3. The lowest BCUT2D eigenvalue weighted by molar-refractivity contribution is -0.131. The summed E-state index contributed by atoms with van der Waals surface area (Å²) in [5.41, 5.74) is 12.7. The topological polar surface area (TPSA) is 99.3 Å². The Morgan fingerprint density at radius 2 is 1.11 bits per heavy atom. The molecule has 0 aliphatic carbocycles. The van der Waals surface area contributed by atoms with E-state index in [1.165, 1.54) is 16.7 Å². The molecule has 1 N–H and O–H groups in total. The first-order chi connectivity index (χ1) is 29.7. The maximum absolute atomic E-state index is 13.8. The van der Waals surface area contributed by atoms with Crippen molar-refractivity contribution >= 4 is 28.4 Å². The Balaban J connectivity index is 1.04. The molecule has 9 rings (SSSR count). The average molecular weight is 806 g/mol. The van der Waals surface area contributed by atoms with Gasteiger partial charge in [-0.3, -0.25) is 29.3 Å². The number of rotatable bonds is 14. The lowest BCUT2D eigenvalue weighted by Crippen LogP contribution is -2.36. The molecular weight excluding hydrogens is 755 g/mol. The van der Waals surface area contributed by atoms with Gasteiger partial charge in [-0.25, -0.2) is 0 Å². The van der Waals surface area contributed by atoms with Gasteiger partial charge in [-0.2, -0.15) is 0 Å². The number of H-pyrrole nitrogens is 1. The van der Waals surface area contributed by atoms with E-state index in [-0.39, 0.29) is 23.4 Å². The molecule has 7 aromatic rings. The van der Waals surface area contributed by atoms with Gasteiger partial charge >= 0.3 is 0 Å². The highest BCUT2D eigenvalue weighted by molar-refractivity contribution is 6.09. The SMILES string of the molecule is Cc1cc(C)cc(-c2[nH]c3ccc(CC(=O)N4C5CCC4CC5)cc3c2[C@@H](C)CN(Cc2ccc(C(=O)c3ccncc3)cc2)Cc2ccc(C(=O)c3ccncc3)cc2)c1. The quantitative estimate of drug-likeness (QED) is 0.110. The number of aryl methyl sites for hydroxylation is 2. The molecule has 61 heavy (non-hydrogen) atoms. The molecule has 1 amide bonds. The zero-order valence-corrected chi connectivity index (χ0v) is 35.1. The summed E-state index contributed by atoms with van der Waals surface area (Å²) < 4.78 is 0. The van der Waals surface area contributed by atoms with Gasteiger partial charge in [-0.15, -0.1) is 0 Å². The molecule has 1 atom stereocenters. The molecule has 0 saturated carbocycles. The number of pyridine rings is 2. The Morgan fingerprint density at radius 1 is 0.639 bits per heavy atom. The van der Waals surface area contributed by atoms with E-state index < -0.39 is 0 Å². The molecule has 2 saturated heterocycles. The summed E-state index contributed by atoms with van der Waals surface area (Å²) in [5.74, 6) is 0.253. The summed E-state index contributed by atoms with van der Waals surface area (Å²) in [7, 11) is 0. The third-order valence-electron chi connectivity index (χ3n) is 12.7. The van der Waals surface area contributed by atoms with Crippen molar-refractivity contribution < 1.29 is 14.4 Å². The Bertz CT molecular complexity index is 2570. The largest absolute Gasteiger partial charge is 0.354 e. The summed E-state index contributed by atoms with van der Waals surface area (Å²) in [6.45, 7) is 8.60. The predicted molar refractivity (Wildman–Crippen MR) is 241 cm³/mol. The van der Waals surface area contributed by atoms with Crippen LogP contribution in [0.5, 0.6) is 0 Å². The number of nitrogens with one attached hydrogen (secondary N) is 1. The van der Waals surface area contributed by atoms with Crippen molar-refractivity contribution in [3.05, 3.63) is 190 Å². The van der Waals surface area contributed by atoms with Gasteiger partial charge in [0, 0.05) is 89.7 Å². The molecular formula is C53H51N5O3. The van der Waals surface area contributed by atoms with Crippen LogP contribution in [-0.4, -0.2) is 60.9 Å². The van der Waals surface area contributed by atoms with Crippen LogP contribution in [0, 0.1) is 13.8 Å². The van der Waals surface area contributed by atoms with Crippen molar-refractivity contribution in [1.29, 1.82) is 0 Å². The number of fused-ring (bicyclic) bond motifs is 3. The van der Waals surface area contributed by atoms with E-state index in [0.717, 1.165) is 71.1 Å². The second-order valence-corrected chi connectivity index (χ2v) is 17.2. The highest BCUT2D eigenvalue weighted by atomic mass is 16.2. The molecule has 2 bridgehead atoms. The molecule has 0 unspecified atom stereocenters. The number of hydrogen-bond acceptors (Lipinski definition) is 6. The molecule has 2 aliphatic heterocycles. The van der Waals surface area contributed by atoms with Crippen molar-refractivity contribution in [3.63, 3.8) is 0 Å². The highest BCUT2D eigenvalue weighted by Gasteiger charge is 2.41. The van der Waals surface area contributed by atoms with Crippen molar-refractivity contribution in [2.45, 2.75) is 84.0 Å². The van der Waals surface area contributed by atoms with E-state index in [2.05, 4.69) is 81.9 Å². The fraction of sp³-hybridized carbons (Fsp3) is 0.264. The zero-order chi connectivity index (χ0) is 42.0. The fourth-order valence-corrected chi connectivity index (χ4v) is 9.86. The van der Waals surface area contributed by atoms with Crippen molar-refractivity contribution in [3.8, 4) is 11.3 Å². The first-order valence-electron chi connectivity index (χ1n) is 21.5. The van der Waals surface area contributed by atoms with Crippen molar-refractivity contribution in [1.82, 2.24) is 24.8 Å². The smallest absolute Gasteiger partial charge is 0.227 e. The summed E-state index contributed by atoms with van der Waals surface area (Å²) in [6, 6.07) is 36.8. The number of carbonyl (C=O) groups excluding carboxylic acids is 3. The summed E-state index contributed by atoms with van der Waals surface area (Å²) in [6.07, 6.45) is 11.5. The molecule has 2 fully saturated rings. The molecule has 0 spiro atoms. The number of benzene rings is 4. The van der Waals surface area contributed by atoms with Crippen LogP contribution >= 0.6 is 0 Å². The maximum atomic E-state index is 13.8. The van der Waals surface area contributed by atoms with E-state index in [0.29, 0.717) is 53.8 Å². The van der Waals surface area contributed by atoms with Crippen LogP contribution < -0.4 is 0 Å². The minimum Gasteiger partial charge on any atom is -0.354 e. The summed E-state index contributed by atoms with van der Waals surface area (Å²) in [4.78, 5) is 56.8. The minimum atomic E-state index is -0.0343. The van der Waals surface area contributed by atoms with Crippen LogP contribution in [0.25, 0.3) is 22.2 Å². The van der Waals surface area contributed by atoms with Gasteiger partial charge < -0.3 is 9.88 Å². The van der Waals surface area contributed by atoms with Gasteiger partial charge in [0.05, 0.1) is 12.1 Å². The fourth-order valence-electron chi connectivity index (χ4n) is 9.86. The van der Waals surface area contributed by atoms with Gasteiger partial charge in [0.1, 0.15) is 0 Å². The molecule has 2 aliphatic rings.